The average Bonchev–Trinajstić information content (AvgIpc) is 2.79. The van der Waals surface area contributed by atoms with Crippen molar-refractivity contribution in [2.45, 2.75) is 36.1 Å². The molecule has 0 radical (unpaired) electrons. The van der Waals surface area contributed by atoms with Crippen molar-refractivity contribution < 1.29 is 40.4 Å². The van der Waals surface area contributed by atoms with Crippen molar-refractivity contribution in [3.05, 3.63) is 52.7 Å². The summed E-state index contributed by atoms with van der Waals surface area (Å²) in [5.41, 5.74) is 3.08. The van der Waals surface area contributed by atoms with Gasteiger partial charge in [0.05, 0.1) is 30.5 Å². The standard InChI is InChI=1S/C13H18N2O5S.C8H5ClF3NO/c16-21(17,18)11-2-3-12(14-10-11)15-6-4-13(5-7-15)19-8-1-9-20-13;9-4-1-2-5(7(13)14)6(3-4)8(10,11)12/h2-3,10H,1,4-9H2,(H,16,17,18);1-3H,(H2,13,14). The summed E-state index contributed by atoms with van der Waals surface area (Å²) in [6, 6.07) is 5.76. The van der Waals surface area contributed by atoms with Crippen LogP contribution in [0, 0.1) is 0 Å². The molecule has 0 aliphatic carbocycles. The van der Waals surface area contributed by atoms with Gasteiger partial charge in [0.15, 0.2) is 5.79 Å². The summed E-state index contributed by atoms with van der Waals surface area (Å²) in [4.78, 5) is 16.6. The molecule has 9 nitrogen and oxygen atoms in total. The van der Waals surface area contributed by atoms with Gasteiger partial charge in [-0.3, -0.25) is 9.35 Å². The fraction of sp³-hybridized carbons (Fsp3) is 0.429. The summed E-state index contributed by atoms with van der Waals surface area (Å²) >= 11 is 5.38. The summed E-state index contributed by atoms with van der Waals surface area (Å²) in [6.07, 6.45) is -1.01. The van der Waals surface area contributed by atoms with Gasteiger partial charge in [-0.05, 0) is 36.8 Å². The zero-order valence-corrected chi connectivity index (χ0v) is 19.9. The van der Waals surface area contributed by atoms with E-state index in [1.807, 2.05) is 0 Å². The minimum absolute atomic E-state index is 0.0951. The third kappa shape index (κ3) is 7.04. The number of piperidine rings is 1. The van der Waals surface area contributed by atoms with Crippen LogP contribution in [0.5, 0.6) is 0 Å². The number of hydrogen-bond acceptors (Lipinski definition) is 7. The number of benzene rings is 1. The average molecular weight is 538 g/mol. The van der Waals surface area contributed by atoms with Crippen LogP contribution in [-0.4, -0.2) is 56.0 Å². The molecular formula is C21H23ClF3N3O6S. The molecule has 2 aliphatic heterocycles. The molecule has 35 heavy (non-hydrogen) atoms. The smallest absolute Gasteiger partial charge is 0.366 e. The molecule has 2 aliphatic rings. The number of pyridine rings is 1. The number of carbonyl (C=O) groups is 1. The zero-order chi connectivity index (χ0) is 25.9. The summed E-state index contributed by atoms with van der Waals surface area (Å²) in [5, 5.41) is -0.0951. The van der Waals surface area contributed by atoms with Crippen LogP contribution in [0.15, 0.2) is 41.4 Å². The molecule has 0 unspecified atom stereocenters. The van der Waals surface area contributed by atoms with Crippen LogP contribution in [0.1, 0.15) is 35.2 Å². The molecule has 1 amide bonds. The highest BCUT2D eigenvalue weighted by atomic mass is 35.5. The molecule has 3 N–H and O–H groups in total. The second kappa shape index (κ2) is 10.7. The van der Waals surface area contributed by atoms with E-state index in [2.05, 4.69) is 9.88 Å². The van der Waals surface area contributed by atoms with E-state index in [-0.39, 0.29) is 9.92 Å². The Morgan fingerprint density at radius 1 is 1.14 bits per heavy atom. The van der Waals surface area contributed by atoms with Gasteiger partial charge in [0, 0.05) is 31.0 Å². The van der Waals surface area contributed by atoms with Crippen LogP contribution in [0.25, 0.3) is 0 Å². The van der Waals surface area contributed by atoms with Crippen LogP contribution in [-0.2, 0) is 25.8 Å². The number of nitrogens with two attached hydrogens (primary N) is 1. The number of ether oxygens (including phenoxy) is 2. The van der Waals surface area contributed by atoms with E-state index in [4.69, 9.17) is 31.4 Å². The normalized spacial score (nSPS) is 18.0. The predicted octanol–water partition coefficient (Wildman–Crippen LogP) is 3.52. The number of rotatable bonds is 3. The van der Waals surface area contributed by atoms with Crippen molar-refractivity contribution in [2.75, 3.05) is 31.2 Å². The number of anilines is 1. The first-order chi connectivity index (χ1) is 16.3. The number of carbonyl (C=O) groups excluding carboxylic acids is 1. The molecule has 3 heterocycles. The highest BCUT2D eigenvalue weighted by molar-refractivity contribution is 7.85. The summed E-state index contributed by atoms with van der Waals surface area (Å²) < 4.78 is 79.4. The molecule has 2 fully saturated rings. The Bertz CT molecular complexity index is 1150. The van der Waals surface area contributed by atoms with E-state index in [0.717, 1.165) is 51.6 Å². The van der Waals surface area contributed by atoms with Gasteiger partial charge in [0.1, 0.15) is 10.7 Å². The van der Waals surface area contributed by atoms with Gasteiger partial charge >= 0.3 is 6.18 Å². The monoisotopic (exact) mass is 537 g/mol. The fourth-order valence-corrected chi connectivity index (χ4v) is 4.26. The number of aromatic nitrogens is 1. The van der Waals surface area contributed by atoms with Crippen LogP contribution < -0.4 is 10.6 Å². The van der Waals surface area contributed by atoms with Crippen molar-refractivity contribution in [2.24, 2.45) is 5.73 Å². The maximum Gasteiger partial charge on any atom is 0.417 e. The van der Waals surface area contributed by atoms with E-state index in [1.54, 1.807) is 6.07 Å². The molecule has 1 aromatic carbocycles. The molecule has 192 valence electrons. The van der Waals surface area contributed by atoms with Gasteiger partial charge in [0.2, 0.25) is 5.91 Å². The Balaban J connectivity index is 0.000000214. The molecule has 0 saturated carbocycles. The largest absolute Gasteiger partial charge is 0.417 e. The summed E-state index contributed by atoms with van der Waals surface area (Å²) in [5.74, 6) is -0.898. The Hall–Kier alpha value is -2.45. The molecule has 0 atom stereocenters. The number of hydrogen-bond donors (Lipinski definition) is 2. The summed E-state index contributed by atoms with van der Waals surface area (Å²) in [7, 11) is -4.19. The van der Waals surface area contributed by atoms with Crippen molar-refractivity contribution in [3.8, 4) is 0 Å². The third-order valence-electron chi connectivity index (χ3n) is 5.44. The first-order valence-electron chi connectivity index (χ1n) is 10.4. The second-order valence-electron chi connectivity index (χ2n) is 7.83. The van der Waals surface area contributed by atoms with Gasteiger partial charge in [-0.1, -0.05) is 11.6 Å². The topological polar surface area (TPSA) is 132 Å². The molecule has 2 aromatic rings. The lowest BCUT2D eigenvalue weighted by atomic mass is 10.0. The van der Waals surface area contributed by atoms with Crippen molar-refractivity contribution >= 4 is 33.4 Å². The molecule has 2 saturated heterocycles. The first kappa shape index (κ1) is 27.1. The Labute approximate surface area is 204 Å². The number of primary amides is 1. The van der Waals surface area contributed by atoms with E-state index in [9.17, 15) is 26.4 Å². The first-order valence-corrected chi connectivity index (χ1v) is 12.3. The quantitative estimate of drug-likeness (QED) is 0.568. The second-order valence-corrected chi connectivity index (χ2v) is 9.69. The Morgan fingerprint density at radius 2 is 1.77 bits per heavy atom. The Morgan fingerprint density at radius 3 is 2.26 bits per heavy atom. The molecule has 0 bridgehead atoms. The number of amides is 1. The molecule has 4 rings (SSSR count). The van der Waals surface area contributed by atoms with E-state index in [1.165, 1.54) is 18.3 Å². The maximum atomic E-state index is 12.3. The number of alkyl halides is 3. The van der Waals surface area contributed by atoms with Crippen LogP contribution in [0.3, 0.4) is 0 Å². The Kier molecular flexibility index (Phi) is 8.27. The highest BCUT2D eigenvalue weighted by Crippen LogP contribution is 2.34. The molecule has 1 spiro atoms. The number of halogens is 4. The fourth-order valence-electron chi connectivity index (χ4n) is 3.66. The molecule has 1 aromatic heterocycles. The highest BCUT2D eigenvalue weighted by Gasteiger charge is 2.38. The molecular weight excluding hydrogens is 515 g/mol. The van der Waals surface area contributed by atoms with E-state index >= 15 is 0 Å². The lowest BCUT2D eigenvalue weighted by Gasteiger charge is -2.43. The molecule has 14 heteroatoms. The lowest BCUT2D eigenvalue weighted by molar-refractivity contribution is -0.275. The SMILES string of the molecule is NC(=O)c1ccc(Cl)cc1C(F)(F)F.O=S(=O)(O)c1ccc(N2CCC3(CC2)OCCCO3)nc1. The predicted molar refractivity (Wildman–Crippen MR) is 120 cm³/mol. The van der Waals surface area contributed by atoms with Crippen LogP contribution >= 0.6 is 11.6 Å². The van der Waals surface area contributed by atoms with Gasteiger partial charge < -0.3 is 20.1 Å². The van der Waals surface area contributed by atoms with Crippen molar-refractivity contribution in [3.63, 3.8) is 0 Å². The van der Waals surface area contributed by atoms with E-state index < -0.39 is 39.1 Å². The van der Waals surface area contributed by atoms with Gasteiger partial charge in [-0.25, -0.2) is 4.98 Å². The van der Waals surface area contributed by atoms with Crippen LogP contribution in [0.2, 0.25) is 5.02 Å². The van der Waals surface area contributed by atoms with Crippen molar-refractivity contribution in [1.29, 1.82) is 0 Å². The van der Waals surface area contributed by atoms with Gasteiger partial charge in [0.25, 0.3) is 10.1 Å². The third-order valence-corrected chi connectivity index (χ3v) is 6.51. The van der Waals surface area contributed by atoms with E-state index in [0.29, 0.717) is 11.9 Å². The summed E-state index contributed by atoms with van der Waals surface area (Å²) in [6.45, 7) is 2.94. The van der Waals surface area contributed by atoms with Crippen LogP contribution in [0.4, 0.5) is 19.0 Å². The van der Waals surface area contributed by atoms with Gasteiger partial charge in [-0.2, -0.15) is 21.6 Å². The maximum absolute atomic E-state index is 12.3. The lowest BCUT2D eigenvalue weighted by Crippen LogP contribution is -2.50. The number of nitrogens with zero attached hydrogens (tertiary/aromatic N) is 2. The van der Waals surface area contributed by atoms with Gasteiger partial charge in [-0.15, -0.1) is 0 Å². The zero-order valence-electron chi connectivity index (χ0n) is 18.3. The van der Waals surface area contributed by atoms with Crippen molar-refractivity contribution in [1.82, 2.24) is 4.98 Å². The minimum atomic E-state index is -4.63. The minimum Gasteiger partial charge on any atom is -0.366 e.